The molecule has 0 aliphatic carbocycles. The van der Waals surface area contributed by atoms with Crippen molar-refractivity contribution in [3.05, 3.63) is 17.0 Å². The second kappa shape index (κ2) is 5.34. The van der Waals surface area contributed by atoms with Crippen molar-refractivity contribution >= 4 is 5.91 Å². The van der Waals surface area contributed by atoms with E-state index < -0.39 is 0 Å². The maximum Gasteiger partial charge on any atom is 0.226 e. The number of carbonyl (C=O) groups is 1. The van der Waals surface area contributed by atoms with Crippen LogP contribution in [0.25, 0.3) is 0 Å². The van der Waals surface area contributed by atoms with Crippen LogP contribution < -0.4 is 0 Å². The third kappa shape index (κ3) is 3.32. The van der Waals surface area contributed by atoms with Crippen LogP contribution in [0.1, 0.15) is 30.8 Å². The highest BCUT2D eigenvalue weighted by Gasteiger charge is 2.16. The van der Waals surface area contributed by atoms with Gasteiger partial charge in [0.25, 0.3) is 0 Å². The van der Waals surface area contributed by atoms with Gasteiger partial charge in [0.05, 0.1) is 12.1 Å². The molecule has 0 saturated heterocycles. The van der Waals surface area contributed by atoms with E-state index in [1.54, 1.807) is 19.0 Å². The van der Waals surface area contributed by atoms with Gasteiger partial charge in [-0.05, 0) is 19.8 Å². The first kappa shape index (κ1) is 13.7. The van der Waals surface area contributed by atoms with Gasteiger partial charge in [-0.1, -0.05) is 13.8 Å². The molecule has 0 bridgehead atoms. The molecular formula is C13H23N3O. The van der Waals surface area contributed by atoms with E-state index in [4.69, 9.17) is 0 Å². The third-order valence-electron chi connectivity index (χ3n) is 2.90. The molecule has 1 aromatic heterocycles. The predicted octanol–water partition coefficient (Wildman–Crippen LogP) is 1.79. The molecule has 0 fully saturated rings. The van der Waals surface area contributed by atoms with Gasteiger partial charge in [0.2, 0.25) is 5.91 Å². The number of likely N-dealkylation sites (N-methyl/N-ethyl adjacent to an activating group) is 1. The van der Waals surface area contributed by atoms with Crippen molar-refractivity contribution in [2.45, 2.75) is 40.7 Å². The standard InChI is InChI=1S/C13H23N3O/c1-9(2)8-16-11(4)12(10(3)14-16)7-13(17)15(5)6/h9H,7-8H2,1-6H3. The van der Waals surface area contributed by atoms with Gasteiger partial charge in [0.15, 0.2) is 0 Å². The smallest absolute Gasteiger partial charge is 0.226 e. The maximum absolute atomic E-state index is 11.7. The summed E-state index contributed by atoms with van der Waals surface area (Å²) in [7, 11) is 3.57. The SMILES string of the molecule is Cc1nn(CC(C)C)c(C)c1CC(=O)N(C)C. The summed E-state index contributed by atoms with van der Waals surface area (Å²) >= 11 is 0. The van der Waals surface area contributed by atoms with Crippen LogP contribution in [0.2, 0.25) is 0 Å². The Balaban J connectivity index is 2.93. The number of aromatic nitrogens is 2. The lowest BCUT2D eigenvalue weighted by Gasteiger charge is -2.11. The molecular weight excluding hydrogens is 214 g/mol. The van der Waals surface area contributed by atoms with Crippen molar-refractivity contribution in [3.8, 4) is 0 Å². The molecule has 17 heavy (non-hydrogen) atoms. The minimum Gasteiger partial charge on any atom is -0.349 e. The summed E-state index contributed by atoms with van der Waals surface area (Å²) in [5.41, 5.74) is 3.16. The fourth-order valence-electron chi connectivity index (χ4n) is 1.82. The fraction of sp³-hybridized carbons (Fsp3) is 0.692. The van der Waals surface area contributed by atoms with Gasteiger partial charge in [-0.3, -0.25) is 9.48 Å². The summed E-state index contributed by atoms with van der Waals surface area (Å²) in [5, 5.41) is 4.51. The van der Waals surface area contributed by atoms with Crippen LogP contribution in [0.4, 0.5) is 0 Å². The largest absolute Gasteiger partial charge is 0.349 e. The number of hydrogen-bond donors (Lipinski definition) is 0. The number of amides is 1. The second-order valence-electron chi connectivity index (χ2n) is 5.19. The Morgan fingerprint density at radius 1 is 1.35 bits per heavy atom. The van der Waals surface area contributed by atoms with Gasteiger partial charge < -0.3 is 4.90 Å². The molecule has 0 N–H and O–H groups in total. The molecule has 4 heteroatoms. The van der Waals surface area contributed by atoms with Crippen LogP contribution in [-0.2, 0) is 17.8 Å². The molecule has 1 rings (SSSR count). The quantitative estimate of drug-likeness (QED) is 0.800. The first-order chi connectivity index (χ1) is 7.82. The second-order valence-corrected chi connectivity index (χ2v) is 5.19. The van der Waals surface area contributed by atoms with Gasteiger partial charge in [0, 0.05) is 31.9 Å². The minimum absolute atomic E-state index is 0.125. The van der Waals surface area contributed by atoms with Crippen molar-refractivity contribution in [2.24, 2.45) is 5.92 Å². The molecule has 0 unspecified atom stereocenters. The number of nitrogens with zero attached hydrogens (tertiary/aromatic N) is 3. The number of aryl methyl sites for hydroxylation is 1. The van der Waals surface area contributed by atoms with Crippen molar-refractivity contribution in [1.29, 1.82) is 0 Å². The predicted molar refractivity (Wildman–Crippen MR) is 68.9 cm³/mol. The van der Waals surface area contributed by atoms with Gasteiger partial charge in [-0.15, -0.1) is 0 Å². The van der Waals surface area contributed by atoms with Crippen LogP contribution >= 0.6 is 0 Å². The topological polar surface area (TPSA) is 38.1 Å². The fourth-order valence-corrected chi connectivity index (χ4v) is 1.82. The Kier molecular flexibility index (Phi) is 4.32. The molecule has 0 aliphatic heterocycles. The molecule has 0 radical (unpaired) electrons. The highest BCUT2D eigenvalue weighted by Crippen LogP contribution is 2.15. The van der Waals surface area contributed by atoms with Crippen molar-refractivity contribution < 1.29 is 4.79 Å². The zero-order chi connectivity index (χ0) is 13.2. The van der Waals surface area contributed by atoms with Crippen LogP contribution in [0.3, 0.4) is 0 Å². The van der Waals surface area contributed by atoms with E-state index in [0.717, 1.165) is 23.5 Å². The van der Waals surface area contributed by atoms with E-state index in [9.17, 15) is 4.79 Å². The summed E-state index contributed by atoms with van der Waals surface area (Å²) in [5.74, 6) is 0.686. The van der Waals surface area contributed by atoms with Gasteiger partial charge >= 0.3 is 0 Å². The third-order valence-corrected chi connectivity index (χ3v) is 2.90. The molecule has 0 aliphatic rings. The normalized spacial score (nSPS) is 11.0. The van der Waals surface area contributed by atoms with E-state index in [1.165, 1.54) is 0 Å². The lowest BCUT2D eigenvalue weighted by molar-refractivity contribution is -0.127. The molecule has 1 heterocycles. The van der Waals surface area contributed by atoms with Crippen molar-refractivity contribution in [3.63, 3.8) is 0 Å². The molecule has 96 valence electrons. The highest BCUT2D eigenvalue weighted by atomic mass is 16.2. The molecule has 0 aromatic carbocycles. The summed E-state index contributed by atoms with van der Waals surface area (Å²) in [6.45, 7) is 9.26. The van der Waals surface area contributed by atoms with Crippen LogP contribution in [0.5, 0.6) is 0 Å². The number of rotatable bonds is 4. The van der Waals surface area contributed by atoms with Gasteiger partial charge in [-0.25, -0.2) is 0 Å². The monoisotopic (exact) mass is 237 g/mol. The first-order valence-electron chi connectivity index (χ1n) is 6.06. The Labute approximate surface area is 104 Å². The van der Waals surface area contributed by atoms with E-state index in [2.05, 4.69) is 18.9 Å². The molecule has 0 saturated carbocycles. The highest BCUT2D eigenvalue weighted by molar-refractivity contribution is 5.78. The van der Waals surface area contributed by atoms with Crippen LogP contribution in [0, 0.1) is 19.8 Å². The Bertz CT molecular complexity index is 405. The summed E-state index contributed by atoms with van der Waals surface area (Å²) < 4.78 is 2.01. The Morgan fingerprint density at radius 3 is 2.41 bits per heavy atom. The number of hydrogen-bond acceptors (Lipinski definition) is 2. The molecule has 0 atom stereocenters. The summed E-state index contributed by atoms with van der Waals surface area (Å²) in [6.07, 6.45) is 0.447. The zero-order valence-electron chi connectivity index (χ0n) is 11.7. The van der Waals surface area contributed by atoms with Gasteiger partial charge in [0.1, 0.15) is 0 Å². The average molecular weight is 237 g/mol. The minimum atomic E-state index is 0.125. The maximum atomic E-state index is 11.7. The molecule has 0 spiro atoms. The van der Waals surface area contributed by atoms with E-state index in [0.29, 0.717) is 12.3 Å². The van der Waals surface area contributed by atoms with Crippen LogP contribution in [0.15, 0.2) is 0 Å². The summed E-state index contributed by atoms with van der Waals surface area (Å²) in [4.78, 5) is 13.4. The number of carbonyl (C=O) groups excluding carboxylic acids is 1. The van der Waals surface area contributed by atoms with E-state index in [-0.39, 0.29) is 5.91 Å². The van der Waals surface area contributed by atoms with Crippen LogP contribution in [-0.4, -0.2) is 34.7 Å². The van der Waals surface area contributed by atoms with Gasteiger partial charge in [-0.2, -0.15) is 5.10 Å². The van der Waals surface area contributed by atoms with E-state index >= 15 is 0 Å². The van der Waals surface area contributed by atoms with Crippen molar-refractivity contribution in [1.82, 2.24) is 14.7 Å². The molecule has 1 aromatic rings. The first-order valence-corrected chi connectivity index (χ1v) is 6.06. The van der Waals surface area contributed by atoms with E-state index in [1.807, 2.05) is 18.5 Å². The average Bonchev–Trinajstić information content (AvgIpc) is 2.44. The molecule has 1 amide bonds. The molecule has 4 nitrogen and oxygen atoms in total. The lowest BCUT2D eigenvalue weighted by Crippen LogP contribution is -2.24. The Hall–Kier alpha value is -1.32. The lowest BCUT2D eigenvalue weighted by atomic mass is 10.1. The zero-order valence-corrected chi connectivity index (χ0v) is 11.7. The summed E-state index contributed by atoms with van der Waals surface area (Å²) in [6, 6.07) is 0. The van der Waals surface area contributed by atoms with Crippen molar-refractivity contribution in [2.75, 3.05) is 14.1 Å². The Morgan fingerprint density at radius 2 is 1.94 bits per heavy atom.